The highest BCUT2D eigenvalue weighted by atomic mass is 19.1. The highest BCUT2D eigenvalue weighted by Gasteiger charge is 2.80. The summed E-state index contributed by atoms with van der Waals surface area (Å²) >= 11 is 0. The third-order valence-electron chi connectivity index (χ3n) is 27.5. The van der Waals surface area contributed by atoms with Gasteiger partial charge in [0.25, 0.3) is 0 Å². The zero-order chi connectivity index (χ0) is 100.0. The van der Waals surface area contributed by atoms with Crippen LogP contribution in [0.4, 0.5) is 28.9 Å². The average molecular weight is 1960 g/mol. The Morgan fingerprint density at radius 1 is 0.662 bits per heavy atom. The molecule has 0 radical (unpaired) electrons. The normalized spacial score (nSPS) is 25.5. The Labute approximate surface area is 813 Å². The van der Waals surface area contributed by atoms with Crippen molar-refractivity contribution in [3.63, 3.8) is 0 Å². The standard InChI is InChI=1S/C98H150F2N14O25/c1-9-20-86-138-82-59-72-73-58-75(99)74-57-68(115)31-34-95(74,4)97(73,100)80(116)60-96(72,5)98(82,139-86)81(117)61-106-94(126)136-62-66-27-29-67(30-28-66)107-89(121)77(24-19-36-104-92(101)124)109-91(123)87(65(2)3)110-90(122)76(108-84(119)33-42-128-46-50-132-53-55-133-51-47-129-43-38-105-93(125)137-63-71-69-21-13-10-11-14-22-70(69)71)23-17-18-35-102-85(120)64-135-79-26-16-12-15-25-78-88(79)111-112-113(78)39-44-130-48-52-134-56-54-131-49-45-127-41-32-83(118)103-37-40-114(6,7)8/h27-31,34,57,65,69-73,75-77,79-80,82,86-87,116H,9,12-26,32-33,35-56,58-64H2,1-8H3,(H10-,101,102,103,104,105,106,107,108,109,110,118,119,120,121,122,123,124,125,126)/p+1/t69-,70+,71?,72-,73-,75-,76+,77-,79?,80-,82+,86?,87-,95-,96-,97-,98+/m0/s1. The predicted molar refractivity (Wildman–Crippen MR) is 503 cm³/mol. The molecule has 8 aliphatic rings. The number of benzene rings is 1. The number of unbranched alkanes of at least 4 members (excludes halogenated alkanes) is 1. The molecule has 5 fully saturated rings. The number of aromatic nitrogens is 3. The Hall–Kier alpha value is -9.29. The Balaban J connectivity index is 0.669. The molecule has 1 saturated heterocycles. The molecule has 139 heavy (non-hydrogen) atoms. The second-order valence-electron chi connectivity index (χ2n) is 38.8. The molecular weight excluding hydrogens is 1810 g/mol. The van der Waals surface area contributed by atoms with E-state index in [9.17, 15) is 57.8 Å². The van der Waals surface area contributed by atoms with Crippen LogP contribution in [0.2, 0.25) is 0 Å². The molecule has 3 unspecified atom stereocenters. The topological polar surface area (TPSA) is 493 Å². The van der Waals surface area contributed by atoms with E-state index in [1.165, 1.54) is 31.2 Å². The number of ether oxygens (including phenoxy) is 13. The molecule has 4 saturated carbocycles. The van der Waals surface area contributed by atoms with Gasteiger partial charge in [-0.25, -0.2) is 27.8 Å². The molecule has 10 rings (SSSR count). The summed E-state index contributed by atoms with van der Waals surface area (Å²) in [5, 5.41) is 45.7. The molecule has 17 atom stereocenters. The van der Waals surface area contributed by atoms with E-state index in [1.54, 1.807) is 32.9 Å². The highest BCUT2D eigenvalue weighted by Crippen LogP contribution is 2.72. The summed E-state index contributed by atoms with van der Waals surface area (Å²) in [5.74, 6) is 1.38. The molecule has 1 aromatic carbocycles. The Kier molecular flexibility index (Phi) is 44.9. The van der Waals surface area contributed by atoms with E-state index < -0.39 is 149 Å². The predicted octanol–water partition coefficient (Wildman–Crippen LogP) is 5.84. The van der Waals surface area contributed by atoms with Gasteiger partial charge < -0.3 is 125 Å². The van der Waals surface area contributed by atoms with Crippen molar-refractivity contribution in [1.82, 2.24) is 57.5 Å². The summed E-state index contributed by atoms with van der Waals surface area (Å²) in [5.41, 5.74) is 0.490. The molecular formula is C98H151F2N14O25+. The second kappa shape index (κ2) is 55.9. The molecule has 2 heterocycles. The van der Waals surface area contributed by atoms with Crippen LogP contribution in [0.15, 0.2) is 48.1 Å². The lowest BCUT2D eigenvalue weighted by Gasteiger charge is -2.63. The van der Waals surface area contributed by atoms with Crippen molar-refractivity contribution in [2.45, 2.75) is 243 Å². The van der Waals surface area contributed by atoms with E-state index in [0.29, 0.717) is 160 Å². The number of alkyl halides is 2. The summed E-state index contributed by atoms with van der Waals surface area (Å²) < 4.78 is 113. The fourth-order valence-electron chi connectivity index (χ4n) is 20.1. The number of hydrogen-bond donors (Lipinski definition) is 11. The van der Waals surface area contributed by atoms with Gasteiger partial charge >= 0.3 is 18.2 Å². The van der Waals surface area contributed by atoms with Crippen molar-refractivity contribution in [2.24, 2.45) is 52.1 Å². The van der Waals surface area contributed by atoms with Crippen molar-refractivity contribution < 1.29 is 133 Å². The van der Waals surface area contributed by atoms with Crippen LogP contribution in [-0.2, 0) is 120 Å². The number of rotatable bonds is 62. The van der Waals surface area contributed by atoms with E-state index in [2.05, 4.69) is 91.1 Å². The lowest BCUT2D eigenvalue weighted by Crippen LogP contribution is -2.71. The van der Waals surface area contributed by atoms with E-state index in [4.69, 9.17) is 67.3 Å². The molecule has 2 aromatic rings. The summed E-state index contributed by atoms with van der Waals surface area (Å²) in [4.78, 5) is 147. The number of nitrogens with two attached hydrogens (primary N) is 1. The lowest BCUT2D eigenvalue weighted by molar-refractivity contribution is -0.869. The quantitative estimate of drug-likeness (QED) is 0.0210. The van der Waals surface area contributed by atoms with Gasteiger partial charge in [0.1, 0.15) is 49.3 Å². The van der Waals surface area contributed by atoms with Crippen molar-refractivity contribution in [3.05, 3.63) is 65.0 Å². The number of aliphatic hydroxyl groups is 1. The average Bonchev–Trinajstić information content (AvgIpc) is 1.53. The zero-order valence-corrected chi connectivity index (χ0v) is 82.2. The van der Waals surface area contributed by atoms with Gasteiger partial charge in [0.15, 0.2) is 29.1 Å². The number of carbonyl (C=O) groups excluding carboxylic acids is 11. The number of allylic oxidation sites excluding steroid dienone is 4. The third-order valence-corrected chi connectivity index (χ3v) is 27.5. The first-order valence-electron chi connectivity index (χ1n) is 49.7. The van der Waals surface area contributed by atoms with Crippen LogP contribution in [0, 0.1) is 58.2 Å². The van der Waals surface area contributed by atoms with Gasteiger partial charge in [-0.3, -0.25) is 38.4 Å². The second-order valence-corrected chi connectivity index (χ2v) is 38.8. The number of likely N-dealkylation sites (N-methyl/N-ethyl adjacent to an activating group) is 1. The lowest BCUT2D eigenvalue weighted by atomic mass is 9.44. The van der Waals surface area contributed by atoms with Gasteiger partial charge in [0.2, 0.25) is 35.4 Å². The number of carbonyl (C=O) groups is 11. The van der Waals surface area contributed by atoms with Crippen molar-refractivity contribution in [1.29, 1.82) is 0 Å². The number of nitrogens with zero attached hydrogens (tertiary/aromatic N) is 4. The van der Waals surface area contributed by atoms with Gasteiger partial charge in [-0.05, 0) is 162 Å². The number of primary amides is 1. The Bertz CT molecular complexity index is 4440. The number of amides is 10. The first kappa shape index (κ1) is 112. The molecule has 0 spiro atoms. The molecule has 10 amide bonds. The van der Waals surface area contributed by atoms with Crippen LogP contribution < -0.4 is 53.6 Å². The fourth-order valence-corrected chi connectivity index (χ4v) is 20.1. The van der Waals surface area contributed by atoms with Crippen LogP contribution in [-0.4, -0.2) is 323 Å². The SMILES string of the molecule is CCCC1O[C@@H]2C[C@H]3[C@@H]4C[C@H](F)C5=CC(=O)C=C[C@]5(C)[C@@]4(F)[C@@H](O)C[C@]3(C)[C@]2(C(=O)CNC(=O)OCc2ccc(NC(=O)[C@H](CCCNC(N)=O)NC(=O)[C@@H](NC(=O)[C@@H](CCCCNC(=O)COC3CCCCCc4c3nnn4CCOCCOCCOCCOCCC(=O)NCC[N+](C)(C)C)NC(=O)CCOCCOCCOCCOCCNC(=O)OCC3[C@H]4CCC#CCC[C@@H]34)C(C)C)cc2)O1. The number of fused-ring (bicyclic) bond motifs is 9. The maximum atomic E-state index is 18.1. The molecule has 1 aliphatic heterocycles. The van der Waals surface area contributed by atoms with Crippen LogP contribution in [0.5, 0.6) is 0 Å². The number of alkyl carbamates (subject to hydrolysis) is 2. The maximum Gasteiger partial charge on any atom is 0.407 e. The molecule has 776 valence electrons. The van der Waals surface area contributed by atoms with Crippen molar-refractivity contribution in [3.8, 4) is 11.8 Å². The summed E-state index contributed by atoms with van der Waals surface area (Å²) in [6.07, 6.45) is 6.07. The molecule has 0 bridgehead atoms. The largest absolute Gasteiger partial charge is 0.449 e. The summed E-state index contributed by atoms with van der Waals surface area (Å²) in [6, 6.07) is 1.63. The smallest absolute Gasteiger partial charge is 0.407 e. The van der Waals surface area contributed by atoms with Crippen LogP contribution >= 0.6 is 0 Å². The maximum absolute atomic E-state index is 18.1. The number of hydrogen-bond acceptors (Lipinski definition) is 27. The molecule has 7 aliphatic carbocycles. The van der Waals surface area contributed by atoms with Crippen molar-refractivity contribution >= 4 is 70.9 Å². The number of halogens is 2. The number of anilines is 1. The van der Waals surface area contributed by atoms with Gasteiger partial charge in [-0.15, -0.1) is 16.9 Å². The fraction of sp³-hybridized carbons (Fsp3) is 0.745. The number of quaternary nitrogens is 1. The van der Waals surface area contributed by atoms with Gasteiger partial charge in [-0.1, -0.05) is 70.4 Å². The number of ketones is 2. The number of aliphatic hydroxyl groups excluding tert-OH is 1. The summed E-state index contributed by atoms with van der Waals surface area (Å²) in [6.45, 7) is 14.8. The number of urea groups is 1. The van der Waals surface area contributed by atoms with E-state index in [0.717, 1.165) is 74.2 Å². The van der Waals surface area contributed by atoms with Crippen molar-refractivity contribution in [2.75, 3.05) is 185 Å². The van der Waals surface area contributed by atoms with Gasteiger partial charge in [-0.2, -0.15) is 0 Å². The monoisotopic (exact) mass is 1960 g/mol. The Morgan fingerprint density at radius 3 is 1.92 bits per heavy atom. The van der Waals surface area contributed by atoms with E-state index in [-0.39, 0.29) is 134 Å². The van der Waals surface area contributed by atoms with Crippen LogP contribution in [0.25, 0.3) is 0 Å². The minimum Gasteiger partial charge on any atom is -0.449 e. The van der Waals surface area contributed by atoms with Gasteiger partial charge in [0.05, 0.1) is 178 Å². The van der Waals surface area contributed by atoms with Crippen LogP contribution in [0.3, 0.4) is 0 Å². The molecule has 39 nitrogen and oxygen atoms in total. The van der Waals surface area contributed by atoms with Crippen LogP contribution in [0.1, 0.15) is 186 Å². The van der Waals surface area contributed by atoms with E-state index >= 15 is 8.78 Å². The molecule has 1 aromatic heterocycles. The first-order valence-corrected chi connectivity index (χ1v) is 49.7. The highest BCUT2D eigenvalue weighted by molar-refractivity contribution is 6.02. The minimum atomic E-state index is -2.42. The van der Waals surface area contributed by atoms with Gasteiger partial charge in [0, 0.05) is 67.8 Å². The Morgan fingerprint density at radius 2 is 1.27 bits per heavy atom. The zero-order valence-electron chi connectivity index (χ0n) is 82.2. The molecule has 41 heteroatoms. The number of Topliss-reactive ketones (excluding diaryl/α,β-unsaturated/α-hetero) is 1. The molecule has 12 N–H and O–H groups in total. The third kappa shape index (κ3) is 32.9. The van der Waals surface area contributed by atoms with E-state index in [1.807, 2.05) is 11.6 Å². The first-order chi connectivity index (χ1) is 66.8. The summed E-state index contributed by atoms with van der Waals surface area (Å²) in [7, 11) is 6.21. The number of nitrogens with one attached hydrogen (secondary N) is 9. The minimum absolute atomic E-state index is 0.0259.